The maximum absolute atomic E-state index is 10.1. The Bertz CT molecular complexity index is 474. The predicted molar refractivity (Wildman–Crippen MR) is 65.7 cm³/mol. The van der Waals surface area contributed by atoms with Gasteiger partial charge in [0.1, 0.15) is 17.8 Å². The molecule has 0 rings (SSSR count). The van der Waals surface area contributed by atoms with Crippen LogP contribution in [0.4, 0.5) is 0 Å². The minimum Gasteiger partial charge on any atom is -0.550 e. The van der Waals surface area contributed by atoms with Crippen LogP contribution in [0.25, 0.3) is 0 Å². The molecule has 0 aliphatic carbocycles. The monoisotopic (exact) mass is 540 g/mol. The fourth-order valence-electron chi connectivity index (χ4n) is 0.942. The molecule has 0 radical (unpaired) electrons. The van der Waals surface area contributed by atoms with E-state index in [9.17, 15) is 49.5 Å². The van der Waals surface area contributed by atoms with E-state index in [0.717, 1.165) is 0 Å². The number of carboxylic acids is 5. The first-order valence-electron chi connectivity index (χ1n) is 5.36. The third-order valence-electron chi connectivity index (χ3n) is 2.04. The Morgan fingerprint density at radius 2 is 0.812 bits per heavy atom. The van der Waals surface area contributed by atoms with Gasteiger partial charge >= 0.3 is 170 Å². The first-order chi connectivity index (χ1) is 10.2. The van der Waals surface area contributed by atoms with E-state index in [1.165, 1.54) is 0 Å². The molecule has 0 fully saturated rings. The summed E-state index contributed by atoms with van der Waals surface area (Å²) < 4.78 is 0. The average Bonchev–Trinajstić information content (AvgIpc) is 2.35. The molecule has 0 bridgehead atoms. The van der Waals surface area contributed by atoms with E-state index in [0.29, 0.717) is 0 Å². The largest absolute Gasteiger partial charge is 1.00 e. The fraction of sp³-hybridized carbons (Fsp3) is 0.500. The van der Waals surface area contributed by atoms with Gasteiger partial charge in [-0.25, -0.2) is 0 Å². The molecular weight excluding hydrogens is 523 g/mol. The standard InChI is InChI=1S/C6H8O7.C4H6O6.K.4Na.4H2O/c7-3(8)1-6(13,5(11)12)2-4(9)10;5-1(3(7)8)2(6)4(9)10;;;;;;;;;/h13H,1-2H2,(H,7,8)(H,9,10)(H,11,12);1-2,5-6H,(H,7,8)(H,9,10);;;;;;4*1H2/q;;5*+1;;;;/p-5. The zero-order valence-corrected chi connectivity index (χ0v) is 29.1. The van der Waals surface area contributed by atoms with Crippen molar-refractivity contribution in [2.45, 2.75) is 30.7 Å². The van der Waals surface area contributed by atoms with E-state index >= 15 is 0 Å². The maximum atomic E-state index is 10.1. The second-order valence-electron chi connectivity index (χ2n) is 3.94. The van der Waals surface area contributed by atoms with Gasteiger partial charge in [-0.1, -0.05) is 0 Å². The molecule has 0 aromatic rings. The summed E-state index contributed by atoms with van der Waals surface area (Å²) >= 11 is 0. The Hall–Kier alpha value is 2.71. The summed E-state index contributed by atoms with van der Waals surface area (Å²) in [6, 6.07) is 0. The van der Waals surface area contributed by atoms with Crippen molar-refractivity contribution in [3.05, 3.63) is 0 Å². The Morgan fingerprint density at radius 1 is 0.625 bits per heavy atom. The molecule has 11 N–H and O–H groups in total. The minimum absolute atomic E-state index is 0. The number of rotatable bonds is 8. The van der Waals surface area contributed by atoms with Gasteiger partial charge in [-0.15, -0.1) is 0 Å². The Kier molecular flexibility index (Phi) is 78.6. The third kappa shape index (κ3) is 34.9. The molecule has 0 aliphatic rings. The van der Waals surface area contributed by atoms with Crippen molar-refractivity contribution in [1.82, 2.24) is 0 Å². The van der Waals surface area contributed by atoms with Crippen LogP contribution in [0.1, 0.15) is 12.8 Å². The van der Waals surface area contributed by atoms with Gasteiger partial charge in [-0.05, 0) is 0 Å². The van der Waals surface area contributed by atoms with E-state index in [1.807, 2.05) is 0 Å². The maximum Gasteiger partial charge on any atom is 1.00 e. The first-order valence-corrected chi connectivity index (χ1v) is 5.36. The Labute approximate surface area is 311 Å². The molecule has 0 heterocycles. The van der Waals surface area contributed by atoms with Crippen molar-refractivity contribution in [3.8, 4) is 0 Å². The summed E-state index contributed by atoms with van der Waals surface area (Å²) in [5, 5.41) is 74.7. The van der Waals surface area contributed by atoms with E-state index in [4.69, 9.17) is 15.3 Å². The summed E-state index contributed by atoms with van der Waals surface area (Å²) in [7, 11) is 0. The molecule has 0 saturated heterocycles. The SMILES string of the molecule is O.O.O.O.O=C([O-])C(O)C(O)C(=O)[O-].O=C([O-])CC(O)(CC(=O)[O-])C(=O)[O-].[K+].[Na+].[Na+].[Na+].[Na+]. The number of aliphatic carboxylic acids is 5. The van der Waals surface area contributed by atoms with Gasteiger partial charge in [0, 0.05) is 24.8 Å². The molecule has 0 aliphatic heterocycles. The number of aliphatic hydroxyl groups excluding tert-OH is 2. The van der Waals surface area contributed by atoms with E-state index in [-0.39, 0.29) is 192 Å². The zero-order valence-electron chi connectivity index (χ0n) is 18.0. The smallest absolute Gasteiger partial charge is 0.550 e. The van der Waals surface area contributed by atoms with Gasteiger partial charge < -0.3 is 86.7 Å². The van der Waals surface area contributed by atoms with Crippen LogP contribution in [0.5, 0.6) is 0 Å². The van der Waals surface area contributed by atoms with Crippen LogP contribution in [0.2, 0.25) is 0 Å². The van der Waals surface area contributed by atoms with Crippen molar-refractivity contribution in [1.29, 1.82) is 0 Å². The van der Waals surface area contributed by atoms with Gasteiger partial charge in [-0.3, -0.25) is 0 Å². The third-order valence-corrected chi connectivity index (χ3v) is 2.04. The Balaban J connectivity index is -0.0000000243. The van der Waals surface area contributed by atoms with Gasteiger partial charge in [0.05, 0.1) is 17.9 Å². The van der Waals surface area contributed by atoms with Crippen LogP contribution in [0, 0.1) is 0 Å². The molecule has 0 aromatic carbocycles. The quantitative estimate of drug-likeness (QED) is 0.241. The van der Waals surface area contributed by atoms with Crippen LogP contribution in [0.15, 0.2) is 0 Å². The average molecular weight is 540 g/mol. The number of carbonyl (C=O) groups excluding carboxylic acids is 5. The van der Waals surface area contributed by atoms with Gasteiger partial charge in [-0.2, -0.15) is 0 Å². The van der Waals surface area contributed by atoms with Crippen molar-refractivity contribution in [3.63, 3.8) is 0 Å². The number of carboxylic acid groups (broad SMARTS) is 5. The van der Waals surface area contributed by atoms with Crippen LogP contribution >= 0.6 is 0 Å². The molecular formula is C10H17KNa4O17. The van der Waals surface area contributed by atoms with E-state index < -0.39 is 60.5 Å². The number of hydrogen-bond acceptors (Lipinski definition) is 13. The number of carbonyl (C=O) groups is 5. The zero-order chi connectivity index (χ0) is 19.0. The molecule has 22 heteroatoms. The normalized spacial score (nSPS) is 9.34. The van der Waals surface area contributed by atoms with Crippen molar-refractivity contribution >= 4 is 29.8 Å². The van der Waals surface area contributed by atoms with Crippen LogP contribution < -0.4 is 195 Å². The van der Waals surface area contributed by atoms with E-state index in [1.54, 1.807) is 0 Å². The van der Waals surface area contributed by atoms with Crippen molar-refractivity contribution < 1.29 is 256 Å². The second kappa shape index (κ2) is 35.9. The van der Waals surface area contributed by atoms with Crippen LogP contribution in [0.3, 0.4) is 0 Å². The molecule has 32 heavy (non-hydrogen) atoms. The van der Waals surface area contributed by atoms with Crippen LogP contribution in [-0.4, -0.2) is 84.9 Å². The molecule has 164 valence electrons. The topological polar surface area (TPSA) is 387 Å². The molecule has 0 spiro atoms. The van der Waals surface area contributed by atoms with E-state index in [2.05, 4.69) is 0 Å². The van der Waals surface area contributed by atoms with Gasteiger partial charge in [0.15, 0.2) is 0 Å². The molecule has 2 atom stereocenters. The Morgan fingerprint density at radius 3 is 0.906 bits per heavy atom. The van der Waals surface area contributed by atoms with Gasteiger partial charge in [0.2, 0.25) is 0 Å². The molecule has 17 nitrogen and oxygen atoms in total. The summed E-state index contributed by atoms with van der Waals surface area (Å²) in [5.74, 6) is -10.1. The molecule has 0 aromatic heterocycles. The molecule has 0 saturated carbocycles. The molecule has 0 amide bonds. The van der Waals surface area contributed by atoms with Crippen molar-refractivity contribution in [2.24, 2.45) is 0 Å². The first kappa shape index (κ1) is 70.2. The fourth-order valence-corrected chi connectivity index (χ4v) is 0.942. The second-order valence-corrected chi connectivity index (χ2v) is 3.94. The summed E-state index contributed by atoms with van der Waals surface area (Å²) in [6.07, 6.45) is -7.60. The number of hydrogen-bond donors (Lipinski definition) is 3. The summed E-state index contributed by atoms with van der Waals surface area (Å²) in [6.45, 7) is 0. The predicted octanol–water partition coefficient (Wildman–Crippen LogP) is -28.3. The summed E-state index contributed by atoms with van der Waals surface area (Å²) in [4.78, 5) is 49.3. The van der Waals surface area contributed by atoms with Crippen molar-refractivity contribution in [2.75, 3.05) is 0 Å². The molecule has 2 unspecified atom stereocenters. The van der Waals surface area contributed by atoms with Gasteiger partial charge in [0.25, 0.3) is 0 Å². The summed E-state index contributed by atoms with van der Waals surface area (Å²) in [5.41, 5.74) is -2.97. The number of aliphatic hydroxyl groups is 3. The minimum atomic E-state index is -2.97. The van der Waals surface area contributed by atoms with Crippen LogP contribution in [-0.2, 0) is 24.0 Å².